The number of aromatic nitrogens is 3. The molecular weight excluding hydrogens is 587 g/mol. The summed E-state index contributed by atoms with van der Waals surface area (Å²) < 4.78 is 6.50. The molecule has 1 aliphatic rings. The van der Waals surface area contributed by atoms with Crippen LogP contribution in [-0.2, 0) is 6.42 Å². The highest BCUT2D eigenvalue weighted by Gasteiger charge is 2.24. The molecule has 0 N–H and O–H groups in total. The predicted molar refractivity (Wildman–Crippen MR) is 194 cm³/mol. The maximum Gasteiger partial charge on any atom is 0.164 e. The number of hydrogen-bond donors (Lipinski definition) is 0. The number of para-hydroxylation sites is 1. The van der Waals surface area contributed by atoms with Crippen molar-refractivity contribution in [2.75, 3.05) is 0 Å². The molecule has 0 amide bonds. The monoisotopic (exact) mass is 615 g/mol. The molecule has 0 radical (unpaired) electrons. The van der Waals surface area contributed by atoms with Crippen molar-refractivity contribution in [3.05, 3.63) is 180 Å². The van der Waals surface area contributed by atoms with E-state index in [1.807, 2.05) is 66.7 Å². The third kappa shape index (κ3) is 5.01. The lowest BCUT2D eigenvalue weighted by atomic mass is 9.93. The summed E-state index contributed by atoms with van der Waals surface area (Å²) in [4.78, 5) is 14.6. The summed E-state index contributed by atoms with van der Waals surface area (Å²) in [6, 6.07) is 54.3. The smallest absolute Gasteiger partial charge is 0.164 e. The van der Waals surface area contributed by atoms with Gasteiger partial charge in [-0.1, -0.05) is 158 Å². The van der Waals surface area contributed by atoms with Gasteiger partial charge in [0.05, 0.1) is 0 Å². The fraction of sp³-hybridized carbons (Fsp3) is 0.0227. The van der Waals surface area contributed by atoms with E-state index in [9.17, 15) is 0 Å². The van der Waals surface area contributed by atoms with Gasteiger partial charge in [0.25, 0.3) is 0 Å². The average Bonchev–Trinajstić information content (AvgIpc) is 3.47. The number of rotatable bonds is 5. The Morgan fingerprint density at radius 3 is 1.52 bits per heavy atom. The molecule has 0 spiro atoms. The Morgan fingerprint density at radius 2 is 0.896 bits per heavy atom. The van der Waals surface area contributed by atoms with Crippen molar-refractivity contribution >= 4 is 16.5 Å². The van der Waals surface area contributed by atoms with E-state index in [0.29, 0.717) is 17.5 Å². The second-order valence-electron chi connectivity index (χ2n) is 12.0. The lowest BCUT2D eigenvalue weighted by Crippen LogP contribution is -2.00. The van der Waals surface area contributed by atoms with Crippen LogP contribution in [0.2, 0.25) is 0 Å². The van der Waals surface area contributed by atoms with E-state index in [1.165, 1.54) is 16.7 Å². The van der Waals surface area contributed by atoms with Crippen molar-refractivity contribution in [2.24, 2.45) is 0 Å². The van der Waals surface area contributed by atoms with Gasteiger partial charge in [0, 0.05) is 33.2 Å². The maximum atomic E-state index is 6.50. The molecule has 2 heterocycles. The van der Waals surface area contributed by atoms with Crippen LogP contribution in [0.25, 0.3) is 73.2 Å². The predicted octanol–water partition coefficient (Wildman–Crippen LogP) is 10.9. The van der Waals surface area contributed by atoms with Crippen LogP contribution in [0.15, 0.2) is 168 Å². The van der Waals surface area contributed by atoms with Crippen molar-refractivity contribution in [3.63, 3.8) is 0 Å². The summed E-state index contributed by atoms with van der Waals surface area (Å²) in [5, 5.41) is 1.14. The number of furan rings is 1. The molecule has 0 fully saturated rings. The third-order valence-corrected chi connectivity index (χ3v) is 9.02. The Kier molecular flexibility index (Phi) is 6.83. The molecule has 8 aromatic rings. The van der Waals surface area contributed by atoms with Crippen LogP contribution in [0.4, 0.5) is 0 Å². The Labute approximate surface area is 278 Å². The minimum Gasteiger partial charge on any atom is -0.455 e. The molecular formula is C44H29N3O. The van der Waals surface area contributed by atoms with Gasteiger partial charge in [-0.15, -0.1) is 0 Å². The van der Waals surface area contributed by atoms with Gasteiger partial charge >= 0.3 is 0 Å². The molecule has 4 nitrogen and oxygen atoms in total. The number of benzene rings is 6. The molecule has 0 atom stereocenters. The van der Waals surface area contributed by atoms with Crippen LogP contribution in [0.1, 0.15) is 16.7 Å². The minimum atomic E-state index is 0.647. The maximum absolute atomic E-state index is 6.50. The molecule has 6 aromatic carbocycles. The number of hydrogen-bond acceptors (Lipinski definition) is 4. The molecule has 226 valence electrons. The Hall–Kier alpha value is -6.39. The van der Waals surface area contributed by atoms with Crippen LogP contribution < -0.4 is 0 Å². The van der Waals surface area contributed by atoms with Gasteiger partial charge in [0.2, 0.25) is 0 Å². The average molecular weight is 616 g/mol. The summed E-state index contributed by atoms with van der Waals surface area (Å²) in [6.45, 7) is 0. The van der Waals surface area contributed by atoms with Gasteiger partial charge in [-0.05, 0) is 40.3 Å². The van der Waals surface area contributed by atoms with Crippen LogP contribution in [0.3, 0.4) is 0 Å². The van der Waals surface area contributed by atoms with Gasteiger partial charge in [-0.25, -0.2) is 15.0 Å². The van der Waals surface area contributed by atoms with Gasteiger partial charge in [0.15, 0.2) is 17.5 Å². The largest absolute Gasteiger partial charge is 0.455 e. The van der Waals surface area contributed by atoms with Crippen molar-refractivity contribution in [2.45, 2.75) is 6.42 Å². The summed E-state index contributed by atoms with van der Waals surface area (Å²) in [7, 11) is 0. The first-order valence-electron chi connectivity index (χ1n) is 16.2. The molecule has 0 unspecified atom stereocenters. The van der Waals surface area contributed by atoms with Crippen molar-refractivity contribution in [1.29, 1.82) is 0 Å². The van der Waals surface area contributed by atoms with E-state index in [-0.39, 0.29) is 0 Å². The van der Waals surface area contributed by atoms with E-state index in [2.05, 4.69) is 97.1 Å². The zero-order valence-corrected chi connectivity index (χ0v) is 26.0. The van der Waals surface area contributed by atoms with Crippen molar-refractivity contribution < 1.29 is 4.42 Å². The molecule has 0 bridgehead atoms. The second-order valence-corrected chi connectivity index (χ2v) is 12.0. The van der Waals surface area contributed by atoms with Gasteiger partial charge < -0.3 is 4.42 Å². The third-order valence-electron chi connectivity index (χ3n) is 9.02. The zero-order valence-electron chi connectivity index (χ0n) is 26.0. The molecule has 0 saturated heterocycles. The highest BCUT2D eigenvalue weighted by Crippen LogP contribution is 2.44. The summed E-state index contributed by atoms with van der Waals surface area (Å²) in [5.41, 5.74) is 12.0. The second kappa shape index (κ2) is 11.8. The lowest BCUT2D eigenvalue weighted by Gasteiger charge is -2.10. The number of nitrogens with zero attached hydrogens (tertiary/aromatic N) is 3. The molecule has 2 aromatic heterocycles. The van der Waals surface area contributed by atoms with Gasteiger partial charge in [-0.3, -0.25) is 0 Å². The fourth-order valence-electron chi connectivity index (χ4n) is 6.59. The van der Waals surface area contributed by atoms with E-state index >= 15 is 0 Å². The Balaban J connectivity index is 1.06. The topological polar surface area (TPSA) is 51.8 Å². The van der Waals surface area contributed by atoms with E-state index in [4.69, 9.17) is 19.4 Å². The Morgan fingerprint density at radius 1 is 0.417 bits per heavy atom. The van der Waals surface area contributed by atoms with Gasteiger partial charge in [-0.2, -0.15) is 0 Å². The number of fused-ring (bicyclic) bond motifs is 5. The van der Waals surface area contributed by atoms with Gasteiger partial charge in [0.1, 0.15) is 11.3 Å². The van der Waals surface area contributed by atoms with E-state index < -0.39 is 0 Å². The molecule has 48 heavy (non-hydrogen) atoms. The fourth-order valence-corrected chi connectivity index (χ4v) is 6.59. The van der Waals surface area contributed by atoms with Crippen LogP contribution in [-0.4, -0.2) is 15.0 Å². The lowest BCUT2D eigenvalue weighted by molar-refractivity contribution is 0.630. The van der Waals surface area contributed by atoms with Crippen LogP contribution in [0.5, 0.6) is 0 Å². The first-order valence-corrected chi connectivity index (χ1v) is 16.2. The molecule has 1 aliphatic carbocycles. The molecule has 0 saturated carbocycles. The first-order chi connectivity index (χ1) is 23.8. The van der Waals surface area contributed by atoms with Crippen LogP contribution >= 0.6 is 0 Å². The normalized spacial score (nSPS) is 12.2. The van der Waals surface area contributed by atoms with E-state index in [1.54, 1.807) is 0 Å². The molecule has 0 aliphatic heterocycles. The van der Waals surface area contributed by atoms with Crippen molar-refractivity contribution in [1.82, 2.24) is 15.0 Å². The summed E-state index contributed by atoms with van der Waals surface area (Å²) in [5.74, 6) is 2.90. The van der Waals surface area contributed by atoms with Crippen molar-refractivity contribution in [3.8, 4) is 56.6 Å². The molecule has 9 rings (SSSR count). The van der Waals surface area contributed by atoms with E-state index in [0.717, 1.165) is 62.1 Å². The minimum absolute atomic E-state index is 0.647. The standard InChI is InChI=1S/C44H29N3O/c1-3-12-33(13-4-1)42-45-43(34-14-5-2-6-15-34)47-44(46-42)35-25-21-30(22-26-35)29-19-23-32(24-20-29)36-28-27-31-11-7-8-16-37(31)41-40(36)38-17-9-10-18-39(38)48-41/h1-26,28H,27H2. The number of allylic oxidation sites excluding steroid dienone is 1. The quantitative estimate of drug-likeness (QED) is 0.193. The highest BCUT2D eigenvalue weighted by molar-refractivity contribution is 6.03. The SMILES string of the molecule is C1=C(c2ccc(-c3ccc(-c4nc(-c5ccccc5)nc(-c5ccccc5)n4)cc3)cc2)c2c(oc3ccccc23)-c2ccccc2C1. The first kappa shape index (κ1) is 27.9. The molecule has 4 heteroatoms. The Bertz CT molecular complexity index is 2390. The zero-order chi connectivity index (χ0) is 31.9. The van der Waals surface area contributed by atoms with Crippen LogP contribution in [0, 0.1) is 0 Å². The summed E-state index contributed by atoms with van der Waals surface area (Å²) in [6.07, 6.45) is 3.20. The highest BCUT2D eigenvalue weighted by atomic mass is 16.3. The summed E-state index contributed by atoms with van der Waals surface area (Å²) >= 11 is 0.